The number of ether oxygens (including phenoxy) is 1. The highest BCUT2D eigenvalue weighted by atomic mass is 32.2. The third-order valence-corrected chi connectivity index (χ3v) is 5.52. The molecule has 0 aliphatic carbocycles. The highest BCUT2D eigenvalue weighted by Gasteiger charge is 2.30. The van der Waals surface area contributed by atoms with Gasteiger partial charge in [-0.25, -0.2) is 12.8 Å². The Kier molecular flexibility index (Phi) is 6.42. The van der Waals surface area contributed by atoms with Crippen LogP contribution in [0, 0.1) is 5.82 Å². The average Bonchev–Trinajstić information content (AvgIpc) is 2.69. The topological polar surface area (TPSA) is 55.4 Å². The number of alkyl halides is 3. The Balaban J connectivity index is 1.64. The third kappa shape index (κ3) is 5.80. The fraction of sp³-hybridized carbons (Fsp3) is 0.143. The van der Waals surface area contributed by atoms with Crippen LogP contribution in [0.3, 0.4) is 0 Å². The molecule has 0 fully saturated rings. The number of anilines is 1. The lowest BCUT2D eigenvalue weighted by atomic mass is 10.2. The summed E-state index contributed by atoms with van der Waals surface area (Å²) in [6, 6.07) is 15.5. The molecule has 0 radical (unpaired) electrons. The van der Waals surface area contributed by atoms with E-state index in [-0.39, 0.29) is 29.6 Å². The van der Waals surface area contributed by atoms with Crippen molar-refractivity contribution in [1.29, 1.82) is 0 Å². The smallest absolute Gasteiger partial charge is 0.372 e. The summed E-state index contributed by atoms with van der Waals surface area (Å²) in [7, 11) is -4.05. The molecule has 158 valence electrons. The van der Waals surface area contributed by atoms with Gasteiger partial charge in [-0.1, -0.05) is 24.3 Å². The SMILES string of the molecule is O=S(=O)(Nc1cccc(COCc2ccc(F)cc2)c1)c1ccc(C(F)(F)F)cc1. The highest BCUT2D eigenvalue weighted by Crippen LogP contribution is 2.30. The fourth-order valence-corrected chi connectivity index (χ4v) is 3.68. The second-order valence-electron chi connectivity index (χ2n) is 6.45. The lowest BCUT2D eigenvalue weighted by Gasteiger charge is -2.11. The van der Waals surface area contributed by atoms with Crippen LogP contribution < -0.4 is 4.72 Å². The van der Waals surface area contributed by atoms with E-state index in [4.69, 9.17) is 4.74 Å². The third-order valence-electron chi connectivity index (χ3n) is 4.12. The van der Waals surface area contributed by atoms with Crippen LogP contribution in [0.4, 0.5) is 23.2 Å². The predicted molar refractivity (Wildman–Crippen MR) is 104 cm³/mol. The first-order chi connectivity index (χ1) is 14.1. The lowest BCUT2D eigenvalue weighted by molar-refractivity contribution is -0.137. The van der Waals surface area contributed by atoms with Crippen molar-refractivity contribution >= 4 is 15.7 Å². The molecule has 3 aromatic rings. The summed E-state index contributed by atoms with van der Waals surface area (Å²) in [4.78, 5) is -0.284. The molecule has 0 saturated carbocycles. The molecule has 0 heterocycles. The van der Waals surface area contributed by atoms with Crippen LogP contribution in [0.5, 0.6) is 0 Å². The number of halogens is 4. The van der Waals surface area contributed by atoms with Crippen LogP contribution in [-0.4, -0.2) is 8.42 Å². The van der Waals surface area contributed by atoms with E-state index in [0.29, 0.717) is 17.7 Å². The number of sulfonamides is 1. The number of rotatable bonds is 7. The second kappa shape index (κ2) is 8.85. The first kappa shape index (κ1) is 21.8. The van der Waals surface area contributed by atoms with Crippen LogP contribution in [-0.2, 0) is 34.2 Å². The second-order valence-corrected chi connectivity index (χ2v) is 8.13. The molecular formula is C21H17F4NO3S. The van der Waals surface area contributed by atoms with Crippen LogP contribution in [0.25, 0.3) is 0 Å². The molecule has 0 aliphatic rings. The van der Waals surface area contributed by atoms with Crippen molar-refractivity contribution < 1.29 is 30.7 Å². The summed E-state index contributed by atoms with van der Waals surface area (Å²) in [6.07, 6.45) is -4.54. The van der Waals surface area contributed by atoms with Gasteiger partial charge in [0.05, 0.1) is 23.7 Å². The summed E-state index contributed by atoms with van der Waals surface area (Å²) in [5, 5.41) is 0. The Morgan fingerprint density at radius 1 is 0.833 bits per heavy atom. The first-order valence-electron chi connectivity index (χ1n) is 8.75. The zero-order chi connectivity index (χ0) is 21.8. The molecule has 30 heavy (non-hydrogen) atoms. The molecule has 0 spiro atoms. The molecule has 0 bridgehead atoms. The number of benzene rings is 3. The van der Waals surface area contributed by atoms with E-state index in [0.717, 1.165) is 17.7 Å². The maximum absolute atomic E-state index is 12.9. The summed E-state index contributed by atoms with van der Waals surface area (Å²) < 4.78 is 83.6. The van der Waals surface area contributed by atoms with Gasteiger partial charge in [0.2, 0.25) is 0 Å². The molecule has 0 saturated heterocycles. The van der Waals surface area contributed by atoms with Crippen molar-refractivity contribution in [2.45, 2.75) is 24.3 Å². The van der Waals surface area contributed by atoms with E-state index in [1.54, 1.807) is 30.3 Å². The van der Waals surface area contributed by atoms with Crippen LogP contribution in [0.2, 0.25) is 0 Å². The van der Waals surface area contributed by atoms with Crippen molar-refractivity contribution in [2.24, 2.45) is 0 Å². The first-order valence-corrected chi connectivity index (χ1v) is 10.2. The minimum absolute atomic E-state index is 0.188. The van der Waals surface area contributed by atoms with Gasteiger partial charge in [-0.15, -0.1) is 0 Å². The Morgan fingerprint density at radius 2 is 1.47 bits per heavy atom. The summed E-state index contributed by atoms with van der Waals surface area (Å²) in [5.41, 5.74) is 0.792. The van der Waals surface area contributed by atoms with Crippen LogP contribution in [0.1, 0.15) is 16.7 Å². The molecule has 0 atom stereocenters. The van der Waals surface area contributed by atoms with Gasteiger partial charge in [0.15, 0.2) is 0 Å². The maximum atomic E-state index is 12.9. The Labute approximate surface area is 171 Å². The number of nitrogens with one attached hydrogen (secondary N) is 1. The van der Waals surface area contributed by atoms with Gasteiger partial charge in [0.25, 0.3) is 10.0 Å². The monoisotopic (exact) mass is 439 g/mol. The van der Waals surface area contributed by atoms with Crippen molar-refractivity contribution in [3.05, 3.63) is 95.3 Å². The lowest BCUT2D eigenvalue weighted by Crippen LogP contribution is -2.14. The van der Waals surface area contributed by atoms with Gasteiger partial charge in [-0.05, 0) is 59.7 Å². The van der Waals surface area contributed by atoms with Gasteiger partial charge >= 0.3 is 6.18 Å². The number of hydrogen-bond acceptors (Lipinski definition) is 3. The average molecular weight is 439 g/mol. The Bertz CT molecular complexity index is 1100. The van der Waals surface area contributed by atoms with E-state index in [2.05, 4.69) is 4.72 Å². The molecule has 0 aliphatic heterocycles. The molecule has 3 rings (SSSR count). The molecule has 3 aromatic carbocycles. The van der Waals surface area contributed by atoms with Gasteiger partial charge in [0.1, 0.15) is 5.82 Å². The van der Waals surface area contributed by atoms with Crippen molar-refractivity contribution in [3.8, 4) is 0 Å². The van der Waals surface area contributed by atoms with E-state index >= 15 is 0 Å². The van der Waals surface area contributed by atoms with Gasteiger partial charge in [-0.2, -0.15) is 13.2 Å². The molecule has 0 amide bonds. The molecule has 9 heteroatoms. The van der Waals surface area contributed by atoms with Crippen LogP contribution in [0.15, 0.2) is 77.7 Å². The van der Waals surface area contributed by atoms with Crippen molar-refractivity contribution in [3.63, 3.8) is 0 Å². The molecule has 0 unspecified atom stereocenters. The zero-order valence-electron chi connectivity index (χ0n) is 15.5. The molecular weight excluding hydrogens is 422 g/mol. The van der Waals surface area contributed by atoms with E-state index < -0.39 is 21.8 Å². The van der Waals surface area contributed by atoms with Gasteiger partial charge in [0, 0.05) is 5.69 Å². The van der Waals surface area contributed by atoms with Gasteiger partial charge < -0.3 is 4.74 Å². The summed E-state index contributed by atoms with van der Waals surface area (Å²) >= 11 is 0. The fourth-order valence-electron chi connectivity index (χ4n) is 2.63. The highest BCUT2D eigenvalue weighted by molar-refractivity contribution is 7.92. The van der Waals surface area contributed by atoms with Crippen LogP contribution >= 0.6 is 0 Å². The van der Waals surface area contributed by atoms with E-state index in [1.165, 1.54) is 18.2 Å². The minimum atomic E-state index is -4.54. The Morgan fingerprint density at radius 3 is 2.10 bits per heavy atom. The largest absolute Gasteiger partial charge is 0.416 e. The maximum Gasteiger partial charge on any atom is 0.416 e. The zero-order valence-corrected chi connectivity index (χ0v) is 16.3. The van der Waals surface area contributed by atoms with E-state index in [9.17, 15) is 26.0 Å². The molecule has 4 nitrogen and oxygen atoms in total. The summed E-state index contributed by atoms with van der Waals surface area (Å²) in [5.74, 6) is -0.341. The van der Waals surface area contributed by atoms with Crippen molar-refractivity contribution in [2.75, 3.05) is 4.72 Å². The standard InChI is InChI=1S/C21H17F4NO3S/c22-18-8-4-15(5-9-18)13-29-14-16-2-1-3-19(12-16)26-30(27,28)20-10-6-17(7-11-20)21(23,24)25/h1-12,26H,13-14H2. The van der Waals surface area contributed by atoms with Crippen molar-refractivity contribution in [1.82, 2.24) is 0 Å². The normalized spacial score (nSPS) is 12.0. The molecule has 1 N–H and O–H groups in total. The number of hydrogen-bond donors (Lipinski definition) is 1. The molecule has 0 aromatic heterocycles. The minimum Gasteiger partial charge on any atom is -0.372 e. The van der Waals surface area contributed by atoms with E-state index in [1.807, 2.05) is 0 Å². The Hall–Kier alpha value is -2.91. The predicted octanol–water partition coefficient (Wildman–Crippen LogP) is 5.36. The van der Waals surface area contributed by atoms with Gasteiger partial charge in [-0.3, -0.25) is 4.72 Å². The quantitative estimate of drug-likeness (QED) is 0.504. The summed E-state index contributed by atoms with van der Waals surface area (Å²) in [6.45, 7) is 0.439.